The summed E-state index contributed by atoms with van der Waals surface area (Å²) in [6.45, 7) is 2.08. The van der Waals surface area contributed by atoms with Gasteiger partial charge in [0.2, 0.25) is 0 Å². The van der Waals surface area contributed by atoms with Crippen LogP contribution in [0.25, 0.3) is 16.6 Å². The van der Waals surface area contributed by atoms with Crippen LogP contribution in [0.2, 0.25) is 0 Å². The van der Waals surface area contributed by atoms with E-state index >= 15 is 0 Å². The van der Waals surface area contributed by atoms with Crippen molar-refractivity contribution in [1.82, 2.24) is 4.98 Å². The molecule has 0 aliphatic carbocycles. The summed E-state index contributed by atoms with van der Waals surface area (Å²) in [6, 6.07) is 16.2. The highest BCUT2D eigenvalue weighted by atomic mass is 79.9. The molecular weight excluding hydrogens is 326 g/mol. The van der Waals surface area contributed by atoms with Gasteiger partial charge in [-0.15, -0.1) is 0 Å². The number of hydrogen-bond donors (Lipinski definition) is 0. The van der Waals surface area contributed by atoms with Gasteiger partial charge in [-0.1, -0.05) is 58.0 Å². The molecule has 21 heavy (non-hydrogen) atoms. The molecule has 2 heterocycles. The van der Waals surface area contributed by atoms with Gasteiger partial charge in [-0.3, -0.25) is 0 Å². The molecule has 0 aliphatic rings. The van der Waals surface area contributed by atoms with Crippen LogP contribution in [-0.4, -0.2) is 4.98 Å². The number of halogens is 1. The van der Waals surface area contributed by atoms with Crippen molar-refractivity contribution in [2.45, 2.75) is 6.92 Å². The van der Waals surface area contributed by atoms with Crippen molar-refractivity contribution in [3.8, 4) is 11.1 Å². The molecule has 0 fully saturated rings. The van der Waals surface area contributed by atoms with E-state index in [9.17, 15) is 0 Å². The number of rotatable bonds is 3. The predicted molar refractivity (Wildman–Crippen MR) is 87.2 cm³/mol. The molecule has 0 amide bonds. The third kappa shape index (κ3) is 3.28. The molecule has 0 atom stereocenters. The summed E-state index contributed by atoms with van der Waals surface area (Å²) < 4.78 is 2.61. The van der Waals surface area contributed by atoms with E-state index in [2.05, 4.69) is 57.5 Å². The molecule has 0 saturated carbocycles. The Morgan fingerprint density at radius 1 is 1.00 bits per heavy atom. The molecule has 2 aromatic heterocycles. The minimum atomic E-state index is 0.655. The lowest BCUT2D eigenvalue weighted by Crippen LogP contribution is -2.26. The van der Waals surface area contributed by atoms with Gasteiger partial charge in [0.1, 0.15) is 0 Å². The molecule has 0 radical (unpaired) electrons. The quantitative estimate of drug-likeness (QED) is 0.642. The number of aromatic nitrogens is 2. The minimum Gasteiger partial charge on any atom is -0.437 e. The third-order valence-electron chi connectivity index (χ3n) is 3.12. The standard InChI is InChI=1S/C17H14BrN3/c1-13-5-7-14(8-6-13)15-11-16(18)17(19-12-15)20-21-9-3-2-4-10-21/h2-12H,1H3. The van der Waals surface area contributed by atoms with Crippen molar-refractivity contribution in [2.24, 2.45) is 0 Å². The van der Waals surface area contributed by atoms with E-state index in [1.165, 1.54) is 5.56 Å². The van der Waals surface area contributed by atoms with E-state index in [4.69, 9.17) is 0 Å². The largest absolute Gasteiger partial charge is 0.437 e. The first-order chi connectivity index (χ1) is 10.2. The van der Waals surface area contributed by atoms with Crippen LogP contribution in [0.15, 0.2) is 71.6 Å². The molecule has 0 aliphatic heterocycles. The fourth-order valence-corrected chi connectivity index (χ4v) is 2.40. The average Bonchev–Trinajstić information content (AvgIpc) is 2.51. The van der Waals surface area contributed by atoms with E-state index in [-0.39, 0.29) is 0 Å². The van der Waals surface area contributed by atoms with E-state index in [1.54, 1.807) is 4.68 Å². The van der Waals surface area contributed by atoms with Crippen LogP contribution in [0.5, 0.6) is 0 Å². The van der Waals surface area contributed by atoms with E-state index in [1.807, 2.05) is 42.9 Å². The first-order valence-corrected chi connectivity index (χ1v) is 7.42. The molecule has 3 rings (SSSR count). The van der Waals surface area contributed by atoms with Gasteiger partial charge in [0.25, 0.3) is 0 Å². The van der Waals surface area contributed by atoms with Crippen LogP contribution >= 0.6 is 15.9 Å². The summed E-state index contributed by atoms with van der Waals surface area (Å²) in [4.78, 5) is 4.44. The second-order valence-electron chi connectivity index (χ2n) is 4.75. The summed E-state index contributed by atoms with van der Waals surface area (Å²) in [5.41, 5.74) is 7.91. The van der Waals surface area contributed by atoms with E-state index in [0.717, 1.165) is 15.6 Å². The van der Waals surface area contributed by atoms with Crippen LogP contribution < -0.4 is 4.68 Å². The van der Waals surface area contributed by atoms with Gasteiger partial charge >= 0.3 is 0 Å². The van der Waals surface area contributed by atoms with Gasteiger partial charge in [-0.2, -0.15) is 10.1 Å². The lowest BCUT2D eigenvalue weighted by molar-refractivity contribution is -0.619. The molecule has 104 valence electrons. The van der Waals surface area contributed by atoms with Crippen LogP contribution in [0.3, 0.4) is 0 Å². The highest BCUT2D eigenvalue weighted by Gasteiger charge is 2.02. The van der Waals surface area contributed by atoms with Gasteiger partial charge in [0, 0.05) is 22.4 Å². The minimum absolute atomic E-state index is 0.655. The lowest BCUT2D eigenvalue weighted by Gasteiger charge is -2.13. The molecule has 3 nitrogen and oxygen atoms in total. The van der Waals surface area contributed by atoms with Crippen LogP contribution in [0.4, 0.5) is 5.82 Å². The zero-order valence-corrected chi connectivity index (χ0v) is 13.2. The van der Waals surface area contributed by atoms with E-state index in [0.29, 0.717) is 5.82 Å². The predicted octanol–water partition coefficient (Wildman–Crippen LogP) is 4.58. The lowest BCUT2D eigenvalue weighted by atomic mass is 10.1. The first-order valence-electron chi connectivity index (χ1n) is 6.63. The molecule has 1 aromatic carbocycles. The zero-order chi connectivity index (χ0) is 14.7. The zero-order valence-electron chi connectivity index (χ0n) is 11.6. The summed E-state index contributed by atoms with van der Waals surface area (Å²) in [5.74, 6) is 0.655. The Hall–Kier alpha value is -2.20. The molecule has 0 bridgehead atoms. The van der Waals surface area contributed by atoms with Gasteiger partial charge < -0.3 is 4.98 Å². The second kappa shape index (κ2) is 6.06. The molecule has 4 heteroatoms. The molecule has 0 N–H and O–H groups in total. The number of benzene rings is 1. The Labute approximate surface area is 132 Å². The molecule has 0 spiro atoms. The molecule has 3 aromatic rings. The molecular formula is C17H14BrN3. The van der Waals surface area contributed by atoms with Crippen molar-refractivity contribution in [2.75, 3.05) is 0 Å². The van der Waals surface area contributed by atoms with Crippen molar-refractivity contribution < 1.29 is 4.68 Å². The Morgan fingerprint density at radius 2 is 1.71 bits per heavy atom. The topological polar surface area (TPSA) is 30.9 Å². The Morgan fingerprint density at radius 3 is 2.38 bits per heavy atom. The monoisotopic (exact) mass is 339 g/mol. The van der Waals surface area contributed by atoms with Crippen molar-refractivity contribution >= 4 is 21.7 Å². The highest BCUT2D eigenvalue weighted by molar-refractivity contribution is 9.10. The SMILES string of the molecule is Cc1ccc(-c2cnc([N-][n+]3ccccc3)c(Br)c2)cc1. The maximum atomic E-state index is 4.45. The Balaban J connectivity index is 1.88. The Kier molecular flexibility index (Phi) is 3.97. The fraction of sp³-hybridized carbons (Fsp3) is 0.0588. The maximum absolute atomic E-state index is 4.45. The normalized spacial score (nSPS) is 10.4. The summed E-state index contributed by atoms with van der Waals surface area (Å²) in [7, 11) is 0. The third-order valence-corrected chi connectivity index (χ3v) is 3.70. The van der Waals surface area contributed by atoms with Gasteiger partial charge in [0.15, 0.2) is 12.4 Å². The number of nitrogens with zero attached hydrogens (tertiary/aromatic N) is 3. The first kappa shape index (κ1) is 13.8. The van der Waals surface area contributed by atoms with Crippen LogP contribution in [0, 0.1) is 6.92 Å². The fourth-order valence-electron chi connectivity index (χ4n) is 1.97. The second-order valence-corrected chi connectivity index (χ2v) is 5.61. The maximum Gasteiger partial charge on any atom is 0.182 e. The Bertz CT molecular complexity index is 740. The summed E-state index contributed by atoms with van der Waals surface area (Å²) in [5, 5.41) is 0. The smallest absolute Gasteiger partial charge is 0.182 e. The summed E-state index contributed by atoms with van der Waals surface area (Å²) >= 11 is 3.55. The number of hydrogen-bond acceptors (Lipinski definition) is 1. The van der Waals surface area contributed by atoms with Crippen molar-refractivity contribution in [3.05, 3.63) is 82.6 Å². The number of pyridine rings is 2. The van der Waals surface area contributed by atoms with Crippen LogP contribution in [0.1, 0.15) is 5.56 Å². The highest BCUT2D eigenvalue weighted by Crippen LogP contribution is 2.29. The van der Waals surface area contributed by atoms with Gasteiger partial charge in [-0.05, 0) is 24.1 Å². The van der Waals surface area contributed by atoms with Crippen molar-refractivity contribution in [3.63, 3.8) is 0 Å². The molecule has 0 saturated heterocycles. The van der Waals surface area contributed by atoms with Gasteiger partial charge in [-0.25, -0.2) is 0 Å². The van der Waals surface area contributed by atoms with Crippen LogP contribution in [-0.2, 0) is 0 Å². The average molecular weight is 340 g/mol. The summed E-state index contributed by atoms with van der Waals surface area (Å²) in [6.07, 6.45) is 5.60. The number of aryl methyl sites for hydroxylation is 1. The van der Waals surface area contributed by atoms with Gasteiger partial charge in [0.05, 0.1) is 0 Å². The van der Waals surface area contributed by atoms with E-state index < -0.39 is 0 Å². The molecule has 0 unspecified atom stereocenters. The van der Waals surface area contributed by atoms with Crippen molar-refractivity contribution in [1.29, 1.82) is 0 Å².